The minimum Gasteiger partial charge on any atom is -0.465 e. The third kappa shape index (κ3) is 4.50. The van der Waals surface area contributed by atoms with Gasteiger partial charge in [0.1, 0.15) is 5.75 Å². The molecule has 0 radical (unpaired) electrons. The number of ether oxygens (including phenoxy) is 2. The number of carbonyl (C=O) groups excluding carboxylic acids is 2. The van der Waals surface area contributed by atoms with E-state index in [1.165, 1.54) is 7.11 Å². The highest BCUT2D eigenvalue weighted by Gasteiger charge is 2.17. The SMILES string of the molecule is COC(=O)c1ccccc1C(=O)Nc1ccc(Oc2nc(C)cc(C)n2)cc1. The van der Waals surface area contributed by atoms with Gasteiger partial charge in [0.2, 0.25) is 0 Å². The Balaban J connectivity index is 1.72. The first-order chi connectivity index (χ1) is 13.5. The number of aromatic nitrogens is 2. The summed E-state index contributed by atoms with van der Waals surface area (Å²) in [6, 6.07) is 15.4. The molecule has 0 aliphatic heterocycles. The lowest BCUT2D eigenvalue weighted by atomic mass is 10.1. The average molecular weight is 377 g/mol. The molecular formula is C21H19N3O4. The van der Waals surface area contributed by atoms with Crippen molar-refractivity contribution in [2.45, 2.75) is 13.8 Å². The minimum absolute atomic E-state index is 0.203. The summed E-state index contributed by atoms with van der Waals surface area (Å²) in [6.07, 6.45) is 0. The van der Waals surface area contributed by atoms with Gasteiger partial charge in [-0.05, 0) is 56.3 Å². The Hall–Kier alpha value is -3.74. The molecule has 7 nitrogen and oxygen atoms in total. The van der Waals surface area contributed by atoms with Gasteiger partial charge in [-0.15, -0.1) is 0 Å². The number of hydrogen-bond acceptors (Lipinski definition) is 6. The number of nitrogens with one attached hydrogen (secondary N) is 1. The number of benzene rings is 2. The Labute approximate surface area is 162 Å². The predicted octanol–water partition coefficient (Wildman–Crippen LogP) is 3.92. The molecule has 3 aromatic rings. The van der Waals surface area contributed by atoms with Crippen LogP contribution in [0.4, 0.5) is 5.69 Å². The van der Waals surface area contributed by atoms with Crippen LogP contribution in [0.25, 0.3) is 0 Å². The topological polar surface area (TPSA) is 90.4 Å². The molecule has 0 spiro atoms. The molecule has 1 N–H and O–H groups in total. The van der Waals surface area contributed by atoms with Crippen molar-refractivity contribution < 1.29 is 19.1 Å². The van der Waals surface area contributed by atoms with E-state index >= 15 is 0 Å². The smallest absolute Gasteiger partial charge is 0.338 e. The number of rotatable bonds is 5. The Morgan fingerprint density at radius 1 is 0.893 bits per heavy atom. The van der Waals surface area contributed by atoms with E-state index < -0.39 is 11.9 Å². The van der Waals surface area contributed by atoms with Crippen molar-refractivity contribution in [2.24, 2.45) is 0 Å². The van der Waals surface area contributed by atoms with Crippen LogP contribution in [0.3, 0.4) is 0 Å². The average Bonchev–Trinajstić information content (AvgIpc) is 2.68. The number of anilines is 1. The maximum Gasteiger partial charge on any atom is 0.338 e. The maximum absolute atomic E-state index is 12.5. The van der Waals surface area contributed by atoms with E-state index in [1.807, 2.05) is 19.9 Å². The van der Waals surface area contributed by atoms with Gasteiger partial charge in [-0.2, -0.15) is 0 Å². The first kappa shape index (κ1) is 19.0. The molecule has 28 heavy (non-hydrogen) atoms. The first-order valence-corrected chi connectivity index (χ1v) is 8.55. The number of esters is 1. The summed E-state index contributed by atoms with van der Waals surface area (Å²) in [5.74, 6) is -0.437. The summed E-state index contributed by atoms with van der Waals surface area (Å²) in [4.78, 5) is 32.8. The van der Waals surface area contributed by atoms with Gasteiger partial charge < -0.3 is 14.8 Å². The van der Waals surface area contributed by atoms with E-state index in [4.69, 9.17) is 9.47 Å². The summed E-state index contributed by atoms with van der Waals surface area (Å²) in [5, 5.41) is 2.75. The van der Waals surface area contributed by atoms with Crippen LogP contribution in [-0.2, 0) is 4.74 Å². The van der Waals surface area contributed by atoms with Gasteiger partial charge in [0.05, 0.1) is 18.2 Å². The molecule has 0 bridgehead atoms. The lowest BCUT2D eigenvalue weighted by molar-refractivity contribution is 0.0597. The van der Waals surface area contributed by atoms with Crippen molar-refractivity contribution >= 4 is 17.6 Å². The van der Waals surface area contributed by atoms with E-state index in [-0.39, 0.29) is 17.1 Å². The standard InChI is InChI=1S/C21H19N3O4/c1-13-12-14(2)23-21(22-13)28-16-10-8-15(9-11-16)24-19(25)17-6-4-5-7-18(17)20(26)27-3/h4-12H,1-3H3,(H,24,25). The minimum atomic E-state index is -0.567. The molecule has 0 unspecified atom stereocenters. The molecule has 2 aromatic carbocycles. The van der Waals surface area contributed by atoms with Crippen LogP contribution in [0.15, 0.2) is 54.6 Å². The predicted molar refractivity (Wildman–Crippen MR) is 104 cm³/mol. The number of amides is 1. The number of carbonyl (C=O) groups is 2. The van der Waals surface area contributed by atoms with Crippen LogP contribution < -0.4 is 10.1 Å². The van der Waals surface area contributed by atoms with Crippen LogP contribution in [0.2, 0.25) is 0 Å². The Bertz CT molecular complexity index is 996. The second-order valence-electron chi connectivity index (χ2n) is 6.05. The summed E-state index contributed by atoms with van der Waals surface area (Å²) in [7, 11) is 1.27. The molecule has 142 valence electrons. The van der Waals surface area contributed by atoms with Crippen molar-refractivity contribution in [3.05, 3.63) is 77.1 Å². The van der Waals surface area contributed by atoms with E-state index in [1.54, 1.807) is 48.5 Å². The normalized spacial score (nSPS) is 10.2. The molecule has 0 saturated carbocycles. The van der Waals surface area contributed by atoms with Crippen LogP contribution in [0.5, 0.6) is 11.8 Å². The van der Waals surface area contributed by atoms with E-state index in [0.29, 0.717) is 11.4 Å². The van der Waals surface area contributed by atoms with Gasteiger partial charge in [0.25, 0.3) is 5.91 Å². The second kappa shape index (κ2) is 8.30. The van der Waals surface area contributed by atoms with Crippen molar-refractivity contribution in [3.8, 4) is 11.8 Å². The largest absolute Gasteiger partial charge is 0.465 e. The zero-order valence-electron chi connectivity index (χ0n) is 15.7. The highest BCUT2D eigenvalue weighted by Crippen LogP contribution is 2.21. The third-order valence-electron chi connectivity index (χ3n) is 3.86. The van der Waals surface area contributed by atoms with Crippen LogP contribution >= 0.6 is 0 Å². The van der Waals surface area contributed by atoms with Crippen molar-refractivity contribution in [2.75, 3.05) is 12.4 Å². The highest BCUT2D eigenvalue weighted by molar-refractivity contribution is 6.11. The number of hydrogen-bond donors (Lipinski definition) is 1. The quantitative estimate of drug-likeness (QED) is 0.678. The van der Waals surface area contributed by atoms with Gasteiger partial charge in [0, 0.05) is 17.1 Å². The number of methoxy groups -OCH3 is 1. The summed E-state index contributed by atoms with van der Waals surface area (Å²) in [5.41, 5.74) is 2.62. The first-order valence-electron chi connectivity index (χ1n) is 8.55. The molecule has 0 fully saturated rings. The molecule has 0 aliphatic carbocycles. The molecule has 0 aliphatic rings. The lowest BCUT2D eigenvalue weighted by Gasteiger charge is -2.10. The van der Waals surface area contributed by atoms with Gasteiger partial charge in [-0.3, -0.25) is 4.79 Å². The molecule has 1 aromatic heterocycles. The van der Waals surface area contributed by atoms with Gasteiger partial charge in [-0.25, -0.2) is 14.8 Å². The molecule has 0 atom stereocenters. The highest BCUT2D eigenvalue weighted by atomic mass is 16.5. The molecule has 7 heteroatoms. The van der Waals surface area contributed by atoms with Crippen molar-refractivity contribution in [1.82, 2.24) is 9.97 Å². The zero-order valence-corrected chi connectivity index (χ0v) is 15.7. The fourth-order valence-electron chi connectivity index (χ4n) is 2.62. The fraction of sp³-hybridized carbons (Fsp3) is 0.143. The van der Waals surface area contributed by atoms with Crippen LogP contribution in [0.1, 0.15) is 32.1 Å². The van der Waals surface area contributed by atoms with Crippen LogP contribution in [-0.4, -0.2) is 29.0 Å². The molecule has 0 saturated heterocycles. The second-order valence-corrected chi connectivity index (χ2v) is 6.05. The maximum atomic E-state index is 12.5. The molecular weight excluding hydrogens is 358 g/mol. The van der Waals surface area contributed by atoms with Gasteiger partial charge in [-0.1, -0.05) is 12.1 Å². The number of nitrogens with zero attached hydrogens (tertiary/aromatic N) is 2. The van der Waals surface area contributed by atoms with Crippen molar-refractivity contribution in [1.29, 1.82) is 0 Å². The zero-order chi connectivity index (χ0) is 20.1. The summed E-state index contributed by atoms with van der Waals surface area (Å²) >= 11 is 0. The molecule has 1 heterocycles. The van der Waals surface area contributed by atoms with E-state index in [0.717, 1.165) is 11.4 Å². The third-order valence-corrected chi connectivity index (χ3v) is 3.86. The monoisotopic (exact) mass is 377 g/mol. The lowest BCUT2D eigenvalue weighted by Crippen LogP contribution is -2.17. The Morgan fingerprint density at radius 3 is 2.11 bits per heavy atom. The summed E-state index contributed by atoms with van der Waals surface area (Å²) in [6.45, 7) is 3.73. The number of aryl methyl sites for hydroxylation is 2. The fourth-order valence-corrected chi connectivity index (χ4v) is 2.62. The Kier molecular flexibility index (Phi) is 5.64. The van der Waals surface area contributed by atoms with Gasteiger partial charge in [0.15, 0.2) is 0 Å². The Morgan fingerprint density at radius 2 is 1.50 bits per heavy atom. The van der Waals surface area contributed by atoms with E-state index in [2.05, 4.69) is 15.3 Å². The van der Waals surface area contributed by atoms with Gasteiger partial charge >= 0.3 is 12.0 Å². The summed E-state index contributed by atoms with van der Waals surface area (Å²) < 4.78 is 10.4. The molecule has 1 amide bonds. The van der Waals surface area contributed by atoms with Crippen molar-refractivity contribution in [3.63, 3.8) is 0 Å². The van der Waals surface area contributed by atoms with Crippen LogP contribution in [0, 0.1) is 13.8 Å². The van der Waals surface area contributed by atoms with E-state index in [9.17, 15) is 9.59 Å². The molecule has 3 rings (SSSR count).